The highest BCUT2D eigenvalue weighted by Crippen LogP contribution is 2.68. The molecule has 2 aliphatic heterocycles. The first-order valence-corrected chi connectivity index (χ1v) is 6.04. The van der Waals surface area contributed by atoms with E-state index in [-0.39, 0.29) is 17.8 Å². The Morgan fingerprint density at radius 3 is 2.93 bits per heavy atom. The summed E-state index contributed by atoms with van der Waals surface area (Å²) in [4.78, 5) is 11.9. The molecular formula is C12H16O3. The first kappa shape index (κ1) is 8.57. The maximum Gasteiger partial charge on any atom is 0.312 e. The van der Waals surface area contributed by atoms with Crippen LogP contribution in [0.3, 0.4) is 0 Å². The van der Waals surface area contributed by atoms with Gasteiger partial charge in [-0.2, -0.15) is 0 Å². The molecule has 0 aromatic heterocycles. The van der Waals surface area contributed by atoms with Crippen molar-refractivity contribution in [3.8, 4) is 0 Å². The van der Waals surface area contributed by atoms with Gasteiger partial charge in [0.2, 0.25) is 5.79 Å². The highest BCUT2D eigenvalue weighted by Gasteiger charge is 2.75. The molecule has 2 saturated carbocycles. The van der Waals surface area contributed by atoms with E-state index in [0.717, 1.165) is 6.42 Å². The zero-order valence-electron chi connectivity index (χ0n) is 9.10. The van der Waals surface area contributed by atoms with E-state index < -0.39 is 5.79 Å². The third kappa shape index (κ3) is 0.718. The number of hydrogen-bond acceptors (Lipinski definition) is 3. The Bertz CT molecular complexity index is 349. The van der Waals surface area contributed by atoms with Crippen molar-refractivity contribution in [2.24, 2.45) is 29.6 Å². The second kappa shape index (κ2) is 2.24. The van der Waals surface area contributed by atoms with Gasteiger partial charge >= 0.3 is 5.97 Å². The van der Waals surface area contributed by atoms with Crippen LogP contribution in [0, 0.1) is 29.6 Å². The van der Waals surface area contributed by atoms with E-state index in [1.807, 2.05) is 0 Å². The molecule has 0 aromatic rings. The number of esters is 1. The van der Waals surface area contributed by atoms with Gasteiger partial charge in [0.15, 0.2) is 0 Å². The smallest absolute Gasteiger partial charge is 0.312 e. The van der Waals surface area contributed by atoms with Gasteiger partial charge in [-0.3, -0.25) is 4.79 Å². The fourth-order valence-corrected chi connectivity index (χ4v) is 4.60. The Balaban J connectivity index is 1.88. The fraction of sp³-hybridized carbons (Fsp3) is 0.917. The Kier molecular flexibility index (Phi) is 1.28. The van der Waals surface area contributed by atoms with Crippen molar-refractivity contribution in [2.75, 3.05) is 0 Å². The highest BCUT2D eigenvalue weighted by atomic mass is 16.7. The van der Waals surface area contributed by atoms with Gasteiger partial charge in [-0.05, 0) is 24.7 Å². The van der Waals surface area contributed by atoms with Crippen molar-refractivity contribution in [2.45, 2.75) is 38.6 Å². The largest absolute Gasteiger partial charge is 0.432 e. The molecule has 2 aliphatic carbocycles. The van der Waals surface area contributed by atoms with Crippen LogP contribution in [-0.2, 0) is 14.3 Å². The molecule has 0 spiro atoms. The van der Waals surface area contributed by atoms with E-state index in [1.54, 1.807) is 0 Å². The molecule has 0 unspecified atom stereocenters. The van der Waals surface area contributed by atoms with Crippen molar-refractivity contribution in [3.05, 3.63) is 0 Å². The van der Waals surface area contributed by atoms with Gasteiger partial charge in [-0.1, -0.05) is 13.8 Å². The van der Waals surface area contributed by atoms with Gasteiger partial charge in [-0.15, -0.1) is 0 Å². The molecule has 6 atom stereocenters. The Morgan fingerprint density at radius 2 is 2.20 bits per heavy atom. The summed E-state index contributed by atoms with van der Waals surface area (Å²) in [5.41, 5.74) is 0. The lowest BCUT2D eigenvalue weighted by molar-refractivity contribution is -0.235. The molecular weight excluding hydrogens is 192 g/mol. The van der Waals surface area contributed by atoms with Crippen molar-refractivity contribution in [1.29, 1.82) is 0 Å². The van der Waals surface area contributed by atoms with Crippen LogP contribution < -0.4 is 0 Å². The number of fused-ring (bicyclic) bond motifs is 2. The average Bonchev–Trinajstić information content (AvgIpc) is 2.76. The van der Waals surface area contributed by atoms with Crippen LogP contribution in [0.5, 0.6) is 0 Å². The minimum absolute atomic E-state index is 0.0133. The van der Waals surface area contributed by atoms with Crippen LogP contribution in [-0.4, -0.2) is 17.9 Å². The molecule has 0 radical (unpaired) electrons. The summed E-state index contributed by atoms with van der Waals surface area (Å²) < 4.78 is 11.7. The van der Waals surface area contributed by atoms with Crippen molar-refractivity contribution in [3.63, 3.8) is 0 Å². The zero-order valence-corrected chi connectivity index (χ0v) is 9.10. The summed E-state index contributed by atoms with van der Waals surface area (Å²) in [5.74, 6) is 1.43. The lowest BCUT2D eigenvalue weighted by Gasteiger charge is -2.31. The number of carbonyl (C=O) groups excluding carboxylic acids is 1. The third-order valence-corrected chi connectivity index (χ3v) is 5.08. The minimum Gasteiger partial charge on any atom is -0.432 e. The second-order valence-electron chi connectivity index (χ2n) is 5.90. The monoisotopic (exact) mass is 208 g/mol. The Hall–Kier alpha value is -0.570. The number of carbonyl (C=O) groups is 1. The predicted octanol–water partition coefficient (Wildman–Crippen LogP) is 1.57. The number of ether oxygens (including phenoxy) is 2. The van der Waals surface area contributed by atoms with Gasteiger partial charge in [0.25, 0.3) is 0 Å². The lowest BCUT2D eigenvalue weighted by atomic mass is 9.76. The maximum absolute atomic E-state index is 11.9. The predicted molar refractivity (Wildman–Crippen MR) is 51.7 cm³/mol. The summed E-state index contributed by atoms with van der Waals surface area (Å²) in [7, 11) is 0. The topological polar surface area (TPSA) is 35.5 Å². The Morgan fingerprint density at radius 1 is 1.40 bits per heavy atom. The minimum atomic E-state index is -0.553. The molecule has 0 N–H and O–H groups in total. The average molecular weight is 208 g/mol. The molecule has 15 heavy (non-hydrogen) atoms. The van der Waals surface area contributed by atoms with Gasteiger partial charge in [0.05, 0.1) is 12.0 Å². The normalized spacial score (nSPS) is 59.4. The van der Waals surface area contributed by atoms with Crippen LogP contribution >= 0.6 is 0 Å². The number of rotatable bonds is 1. The summed E-state index contributed by atoms with van der Waals surface area (Å²) >= 11 is 0. The van der Waals surface area contributed by atoms with Crippen LogP contribution in [0.2, 0.25) is 0 Å². The fourth-order valence-electron chi connectivity index (χ4n) is 4.60. The summed E-state index contributed by atoms with van der Waals surface area (Å²) in [6.45, 7) is 4.21. The second-order valence-corrected chi connectivity index (χ2v) is 5.90. The third-order valence-electron chi connectivity index (χ3n) is 5.08. The molecule has 3 nitrogen and oxygen atoms in total. The first-order chi connectivity index (χ1) is 7.13. The molecule has 2 heterocycles. The molecule has 0 aromatic carbocycles. The molecule has 4 aliphatic rings. The number of hydrogen-bond donors (Lipinski definition) is 0. The van der Waals surface area contributed by atoms with Gasteiger partial charge < -0.3 is 9.47 Å². The summed E-state index contributed by atoms with van der Waals surface area (Å²) in [6, 6.07) is 0. The van der Waals surface area contributed by atoms with Crippen molar-refractivity contribution >= 4 is 5.97 Å². The summed E-state index contributed by atoms with van der Waals surface area (Å²) in [6.07, 6.45) is 2.67. The van der Waals surface area contributed by atoms with Crippen molar-refractivity contribution < 1.29 is 14.3 Å². The SMILES string of the molecule is CC(C)[C@]12OC(=O)[C@H]3[C@@H]4C[C@H]([C@H]31)[C@@H](C4)O2. The van der Waals surface area contributed by atoms with E-state index in [9.17, 15) is 4.79 Å². The van der Waals surface area contributed by atoms with Gasteiger partial charge in [0, 0.05) is 11.8 Å². The van der Waals surface area contributed by atoms with Crippen LogP contribution in [0.4, 0.5) is 0 Å². The van der Waals surface area contributed by atoms with Crippen molar-refractivity contribution in [1.82, 2.24) is 0 Å². The van der Waals surface area contributed by atoms with Gasteiger partial charge in [-0.25, -0.2) is 0 Å². The molecule has 0 amide bonds. The standard InChI is InChI=1S/C12H16O3/c1-5(2)12-10-7-3-6(4-8(7)14-12)9(10)11(13)15-12/h5-10H,3-4H2,1-2H3/t6-,7+,8-,9+,10-,12+/m1/s1. The molecule has 4 fully saturated rings. The maximum atomic E-state index is 11.9. The molecule has 82 valence electrons. The van der Waals surface area contributed by atoms with Crippen LogP contribution in [0.25, 0.3) is 0 Å². The van der Waals surface area contributed by atoms with E-state index in [0.29, 0.717) is 23.9 Å². The van der Waals surface area contributed by atoms with E-state index in [4.69, 9.17) is 9.47 Å². The van der Waals surface area contributed by atoms with Gasteiger partial charge in [0.1, 0.15) is 0 Å². The molecule has 3 heteroatoms. The first-order valence-electron chi connectivity index (χ1n) is 6.04. The van der Waals surface area contributed by atoms with E-state index >= 15 is 0 Å². The molecule has 2 bridgehead atoms. The van der Waals surface area contributed by atoms with E-state index in [2.05, 4.69) is 13.8 Å². The highest BCUT2D eigenvalue weighted by molar-refractivity contribution is 5.77. The van der Waals surface area contributed by atoms with E-state index in [1.165, 1.54) is 6.42 Å². The van der Waals surface area contributed by atoms with Crippen LogP contribution in [0.15, 0.2) is 0 Å². The molecule has 2 saturated heterocycles. The summed E-state index contributed by atoms with van der Waals surface area (Å²) in [5, 5.41) is 0. The molecule has 4 rings (SSSR count). The zero-order chi connectivity index (χ0) is 10.4. The van der Waals surface area contributed by atoms with Crippen LogP contribution in [0.1, 0.15) is 26.7 Å². The lowest BCUT2D eigenvalue weighted by Crippen LogP contribution is -2.40. The Labute approximate surface area is 89.1 Å². The quantitative estimate of drug-likeness (QED) is 0.613.